The summed E-state index contributed by atoms with van der Waals surface area (Å²) in [6.45, 7) is 0. The van der Waals surface area contributed by atoms with Gasteiger partial charge in [0, 0.05) is 29.6 Å². The number of carbonyl (C=O) groups excluding carboxylic acids is 2. The van der Waals surface area contributed by atoms with Crippen LogP contribution in [-0.4, -0.2) is 34.8 Å². The van der Waals surface area contributed by atoms with E-state index in [1.807, 2.05) is 0 Å². The lowest BCUT2D eigenvalue weighted by molar-refractivity contribution is -0.140. The number of hydrogen-bond acceptors (Lipinski definition) is 2. The monoisotopic (exact) mass is 344 g/mol. The van der Waals surface area contributed by atoms with Crippen LogP contribution in [-0.2, 0) is 4.79 Å². The van der Waals surface area contributed by atoms with Crippen molar-refractivity contribution in [1.29, 1.82) is 0 Å². The molecule has 1 saturated carbocycles. The molecule has 1 aromatic carbocycles. The molecule has 1 unspecified atom stereocenters. The maximum absolute atomic E-state index is 13.0. The second-order valence-corrected chi connectivity index (χ2v) is 7.76. The van der Waals surface area contributed by atoms with Gasteiger partial charge in [0.05, 0.1) is 0 Å². The molecule has 25 heavy (non-hydrogen) atoms. The molecule has 3 atom stereocenters. The summed E-state index contributed by atoms with van der Waals surface area (Å²) in [6.07, 6.45) is 8.20. The lowest BCUT2D eigenvalue weighted by Gasteiger charge is -2.40. The summed E-state index contributed by atoms with van der Waals surface area (Å²) in [7, 11) is 0. The lowest BCUT2D eigenvalue weighted by Crippen LogP contribution is -2.53. The minimum atomic E-state index is -0.340. The van der Waals surface area contributed by atoms with Crippen LogP contribution in [0, 0.1) is 11.7 Å². The van der Waals surface area contributed by atoms with Crippen LogP contribution < -0.4 is 5.32 Å². The Morgan fingerprint density at radius 2 is 1.56 bits per heavy atom. The topological polar surface area (TPSA) is 49.4 Å². The standard InChI is InChI=1S/C20H25FN2O2/c21-15-7-5-13(6-8-15)19(24)22-16-11-17-9-10-18(12-16)23(17)20(25)14-3-1-2-4-14/h5-8,14,16-18H,1-4,9-12H2,(H,22,24)/t16?,17-,18+. The highest BCUT2D eigenvalue weighted by atomic mass is 19.1. The van der Waals surface area contributed by atoms with Crippen LogP contribution in [0.1, 0.15) is 61.7 Å². The summed E-state index contributed by atoms with van der Waals surface area (Å²) in [4.78, 5) is 27.4. The molecular weight excluding hydrogens is 319 g/mol. The third kappa shape index (κ3) is 3.29. The van der Waals surface area contributed by atoms with Gasteiger partial charge in [0.25, 0.3) is 5.91 Å². The Labute approximate surface area is 147 Å². The van der Waals surface area contributed by atoms with Crippen molar-refractivity contribution in [3.05, 3.63) is 35.6 Å². The van der Waals surface area contributed by atoms with E-state index in [4.69, 9.17) is 0 Å². The van der Waals surface area contributed by atoms with Crippen molar-refractivity contribution in [2.75, 3.05) is 0 Å². The zero-order chi connectivity index (χ0) is 17.4. The molecule has 0 spiro atoms. The molecule has 5 heteroatoms. The average Bonchev–Trinajstić information content (AvgIpc) is 3.22. The van der Waals surface area contributed by atoms with E-state index < -0.39 is 0 Å². The van der Waals surface area contributed by atoms with Crippen LogP contribution in [0.4, 0.5) is 4.39 Å². The van der Waals surface area contributed by atoms with Crippen LogP contribution in [0.2, 0.25) is 0 Å². The largest absolute Gasteiger partial charge is 0.349 e. The molecule has 1 aliphatic carbocycles. The maximum Gasteiger partial charge on any atom is 0.251 e. The zero-order valence-corrected chi connectivity index (χ0v) is 14.4. The average molecular weight is 344 g/mol. The molecule has 1 aromatic rings. The molecule has 2 saturated heterocycles. The molecule has 2 heterocycles. The van der Waals surface area contributed by atoms with Crippen LogP contribution >= 0.6 is 0 Å². The molecule has 2 aliphatic heterocycles. The van der Waals surface area contributed by atoms with Crippen LogP contribution in [0.3, 0.4) is 0 Å². The first-order valence-electron chi connectivity index (χ1n) is 9.50. The number of fused-ring (bicyclic) bond motifs is 2. The van der Waals surface area contributed by atoms with Gasteiger partial charge in [-0.3, -0.25) is 9.59 Å². The molecule has 2 amide bonds. The number of benzene rings is 1. The van der Waals surface area contributed by atoms with E-state index >= 15 is 0 Å². The van der Waals surface area contributed by atoms with E-state index in [1.54, 1.807) is 0 Å². The second-order valence-electron chi connectivity index (χ2n) is 7.76. The van der Waals surface area contributed by atoms with Crippen molar-refractivity contribution in [2.45, 2.75) is 69.5 Å². The molecule has 3 fully saturated rings. The van der Waals surface area contributed by atoms with E-state index in [9.17, 15) is 14.0 Å². The number of nitrogens with zero attached hydrogens (tertiary/aromatic N) is 1. The summed E-state index contributed by atoms with van der Waals surface area (Å²) in [5.41, 5.74) is 0.484. The van der Waals surface area contributed by atoms with Gasteiger partial charge in [-0.25, -0.2) is 4.39 Å². The number of amides is 2. The highest BCUT2D eigenvalue weighted by Crippen LogP contribution is 2.39. The van der Waals surface area contributed by atoms with Gasteiger partial charge < -0.3 is 10.2 Å². The van der Waals surface area contributed by atoms with E-state index in [0.717, 1.165) is 38.5 Å². The fraction of sp³-hybridized carbons (Fsp3) is 0.600. The number of piperidine rings is 1. The van der Waals surface area contributed by atoms with Gasteiger partial charge in [0.2, 0.25) is 5.91 Å². The van der Waals surface area contributed by atoms with Gasteiger partial charge in [0.1, 0.15) is 5.82 Å². The number of hydrogen-bond donors (Lipinski definition) is 1. The molecular formula is C20H25FN2O2. The first-order valence-corrected chi connectivity index (χ1v) is 9.50. The molecule has 134 valence electrons. The molecule has 3 aliphatic rings. The predicted molar refractivity (Wildman–Crippen MR) is 92.5 cm³/mol. The van der Waals surface area contributed by atoms with E-state index in [1.165, 1.54) is 37.1 Å². The predicted octanol–water partition coefficient (Wildman–Crippen LogP) is 3.27. The first-order chi connectivity index (χ1) is 12.1. The highest BCUT2D eigenvalue weighted by Gasteiger charge is 2.45. The number of halogens is 1. The van der Waals surface area contributed by atoms with Crippen LogP contribution in [0.25, 0.3) is 0 Å². The van der Waals surface area contributed by atoms with Gasteiger partial charge in [-0.2, -0.15) is 0 Å². The molecule has 0 radical (unpaired) electrons. The minimum absolute atomic E-state index is 0.0997. The third-order valence-corrected chi connectivity index (χ3v) is 6.13. The smallest absolute Gasteiger partial charge is 0.251 e. The molecule has 2 bridgehead atoms. The fourth-order valence-corrected chi connectivity index (χ4v) is 4.91. The molecule has 1 N–H and O–H groups in total. The van der Waals surface area contributed by atoms with E-state index in [-0.39, 0.29) is 35.8 Å². The quantitative estimate of drug-likeness (QED) is 0.915. The second kappa shape index (κ2) is 6.77. The Bertz CT molecular complexity index is 640. The van der Waals surface area contributed by atoms with Gasteiger partial charge in [-0.15, -0.1) is 0 Å². The Kier molecular flexibility index (Phi) is 4.48. The minimum Gasteiger partial charge on any atom is -0.349 e. The van der Waals surface area contributed by atoms with E-state index in [0.29, 0.717) is 11.5 Å². The lowest BCUT2D eigenvalue weighted by atomic mass is 9.94. The van der Waals surface area contributed by atoms with Crippen molar-refractivity contribution in [3.8, 4) is 0 Å². The van der Waals surface area contributed by atoms with Gasteiger partial charge in [-0.05, 0) is 62.8 Å². The Balaban J connectivity index is 1.38. The number of rotatable bonds is 3. The van der Waals surface area contributed by atoms with Crippen molar-refractivity contribution < 1.29 is 14.0 Å². The first kappa shape index (κ1) is 16.6. The van der Waals surface area contributed by atoms with E-state index in [2.05, 4.69) is 10.2 Å². The van der Waals surface area contributed by atoms with Crippen LogP contribution in [0.15, 0.2) is 24.3 Å². The Morgan fingerprint density at radius 1 is 0.960 bits per heavy atom. The molecule has 0 aromatic heterocycles. The summed E-state index contributed by atoms with van der Waals surface area (Å²) >= 11 is 0. The van der Waals surface area contributed by atoms with Crippen molar-refractivity contribution >= 4 is 11.8 Å². The van der Waals surface area contributed by atoms with Crippen molar-refractivity contribution in [3.63, 3.8) is 0 Å². The van der Waals surface area contributed by atoms with Gasteiger partial charge in [0.15, 0.2) is 0 Å². The van der Waals surface area contributed by atoms with Crippen LogP contribution in [0.5, 0.6) is 0 Å². The fourth-order valence-electron chi connectivity index (χ4n) is 4.91. The summed E-state index contributed by atoms with van der Waals surface area (Å²) in [5.74, 6) is 0.0927. The summed E-state index contributed by atoms with van der Waals surface area (Å²) < 4.78 is 13.0. The summed E-state index contributed by atoms with van der Waals surface area (Å²) in [6, 6.07) is 6.28. The number of nitrogens with one attached hydrogen (secondary N) is 1. The van der Waals surface area contributed by atoms with Crippen molar-refractivity contribution in [1.82, 2.24) is 10.2 Å². The van der Waals surface area contributed by atoms with Gasteiger partial charge >= 0.3 is 0 Å². The number of carbonyl (C=O) groups is 2. The highest BCUT2D eigenvalue weighted by molar-refractivity contribution is 5.94. The zero-order valence-electron chi connectivity index (χ0n) is 14.4. The maximum atomic E-state index is 13.0. The normalized spacial score (nSPS) is 29.0. The summed E-state index contributed by atoms with van der Waals surface area (Å²) in [5, 5.41) is 3.09. The Morgan fingerprint density at radius 3 is 2.16 bits per heavy atom. The third-order valence-electron chi connectivity index (χ3n) is 6.13. The molecule has 4 rings (SSSR count). The Hall–Kier alpha value is -1.91. The SMILES string of the molecule is O=C(NC1C[C@H]2CC[C@@H](C1)N2C(=O)C1CCCC1)c1ccc(F)cc1. The van der Waals surface area contributed by atoms with Gasteiger partial charge in [-0.1, -0.05) is 12.8 Å². The van der Waals surface area contributed by atoms with Crippen molar-refractivity contribution in [2.24, 2.45) is 5.92 Å². The molecule has 4 nitrogen and oxygen atoms in total.